The van der Waals surface area contributed by atoms with E-state index in [-0.39, 0.29) is 0 Å². The molecule has 0 amide bonds. The van der Waals surface area contributed by atoms with E-state index in [9.17, 15) is 0 Å². The van der Waals surface area contributed by atoms with Gasteiger partial charge in [0.2, 0.25) is 0 Å². The fourth-order valence-corrected chi connectivity index (χ4v) is 3.59. The topological polar surface area (TPSA) is 35.5 Å². The third kappa shape index (κ3) is 4.52. The average molecular weight is 254 g/mol. The van der Waals surface area contributed by atoms with Crippen LogP contribution in [-0.4, -0.2) is 48.3 Å². The van der Waals surface area contributed by atoms with Crippen molar-refractivity contribution >= 4 is 0 Å². The SMILES string of the molecule is OCCN(CCCNC1CCCC1)C1CCCC1. The van der Waals surface area contributed by atoms with E-state index in [0.717, 1.165) is 31.7 Å². The van der Waals surface area contributed by atoms with E-state index >= 15 is 0 Å². The molecule has 2 aliphatic carbocycles. The number of hydrogen-bond donors (Lipinski definition) is 2. The molecule has 2 N–H and O–H groups in total. The maximum absolute atomic E-state index is 9.17. The maximum atomic E-state index is 9.17. The Balaban J connectivity index is 1.59. The highest BCUT2D eigenvalue weighted by Crippen LogP contribution is 2.23. The second-order valence-corrected chi connectivity index (χ2v) is 5.99. The lowest BCUT2D eigenvalue weighted by molar-refractivity contribution is 0.149. The van der Waals surface area contributed by atoms with E-state index in [1.165, 1.54) is 57.8 Å². The fraction of sp³-hybridized carbons (Fsp3) is 1.00. The molecule has 2 saturated carbocycles. The first kappa shape index (κ1) is 14.3. The van der Waals surface area contributed by atoms with Crippen molar-refractivity contribution in [3.8, 4) is 0 Å². The van der Waals surface area contributed by atoms with Gasteiger partial charge in [0.15, 0.2) is 0 Å². The Kier molecular flexibility index (Phi) is 6.46. The van der Waals surface area contributed by atoms with Crippen molar-refractivity contribution < 1.29 is 5.11 Å². The molecular weight excluding hydrogens is 224 g/mol. The Hall–Kier alpha value is -0.120. The van der Waals surface area contributed by atoms with Crippen LogP contribution in [0.15, 0.2) is 0 Å². The van der Waals surface area contributed by atoms with Gasteiger partial charge in [-0.25, -0.2) is 0 Å². The highest BCUT2D eigenvalue weighted by molar-refractivity contribution is 4.78. The third-order valence-electron chi connectivity index (χ3n) is 4.64. The average Bonchev–Trinajstić information content (AvgIpc) is 3.05. The lowest BCUT2D eigenvalue weighted by Gasteiger charge is -2.28. The largest absolute Gasteiger partial charge is 0.395 e. The Labute approximate surface area is 112 Å². The highest BCUT2D eigenvalue weighted by Gasteiger charge is 2.21. The Bertz CT molecular complexity index is 211. The summed E-state index contributed by atoms with van der Waals surface area (Å²) in [5.41, 5.74) is 0. The minimum Gasteiger partial charge on any atom is -0.395 e. The minimum atomic E-state index is 0.312. The van der Waals surface area contributed by atoms with Crippen LogP contribution in [0, 0.1) is 0 Å². The van der Waals surface area contributed by atoms with Crippen molar-refractivity contribution in [3.05, 3.63) is 0 Å². The van der Waals surface area contributed by atoms with Crippen LogP contribution in [0.2, 0.25) is 0 Å². The molecule has 2 fully saturated rings. The third-order valence-corrected chi connectivity index (χ3v) is 4.64. The van der Waals surface area contributed by atoms with Crippen LogP contribution in [0.4, 0.5) is 0 Å². The number of rotatable bonds is 8. The summed E-state index contributed by atoms with van der Waals surface area (Å²) in [4.78, 5) is 2.52. The number of nitrogens with zero attached hydrogens (tertiary/aromatic N) is 1. The predicted octanol–water partition coefficient (Wildman–Crippen LogP) is 2.15. The van der Waals surface area contributed by atoms with Crippen LogP contribution in [0.25, 0.3) is 0 Å². The zero-order valence-electron chi connectivity index (χ0n) is 11.7. The van der Waals surface area contributed by atoms with Gasteiger partial charge in [-0.1, -0.05) is 25.7 Å². The molecule has 0 aliphatic heterocycles. The Morgan fingerprint density at radius 3 is 2.28 bits per heavy atom. The molecule has 3 nitrogen and oxygen atoms in total. The van der Waals surface area contributed by atoms with Crippen LogP contribution in [0.5, 0.6) is 0 Å². The summed E-state index contributed by atoms with van der Waals surface area (Å²) in [6, 6.07) is 1.55. The molecule has 0 heterocycles. The molecule has 18 heavy (non-hydrogen) atoms. The second kappa shape index (κ2) is 8.13. The normalized spacial score (nSPS) is 22.3. The molecule has 0 aromatic carbocycles. The standard InChI is InChI=1S/C15H30N2O/c18-13-12-17(15-8-3-4-9-15)11-5-10-16-14-6-1-2-7-14/h14-16,18H,1-13H2. The molecule has 0 aromatic heterocycles. The van der Waals surface area contributed by atoms with E-state index < -0.39 is 0 Å². The van der Waals surface area contributed by atoms with Crippen molar-refractivity contribution in [2.75, 3.05) is 26.2 Å². The summed E-state index contributed by atoms with van der Waals surface area (Å²) in [5.74, 6) is 0. The fourth-order valence-electron chi connectivity index (χ4n) is 3.59. The molecule has 2 rings (SSSR count). The van der Waals surface area contributed by atoms with Gasteiger partial charge in [-0.2, -0.15) is 0 Å². The van der Waals surface area contributed by atoms with Gasteiger partial charge in [-0.15, -0.1) is 0 Å². The van der Waals surface area contributed by atoms with Crippen LogP contribution in [0.3, 0.4) is 0 Å². The van der Waals surface area contributed by atoms with Gasteiger partial charge in [0.25, 0.3) is 0 Å². The molecule has 0 spiro atoms. The van der Waals surface area contributed by atoms with Crippen LogP contribution < -0.4 is 5.32 Å². The van der Waals surface area contributed by atoms with E-state index in [1.807, 2.05) is 0 Å². The molecule has 106 valence electrons. The number of aliphatic hydroxyl groups is 1. The quantitative estimate of drug-likeness (QED) is 0.652. The van der Waals surface area contributed by atoms with Crippen LogP contribution in [-0.2, 0) is 0 Å². The summed E-state index contributed by atoms with van der Waals surface area (Å²) in [6.07, 6.45) is 12.3. The van der Waals surface area contributed by atoms with Gasteiger partial charge in [0.05, 0.1) is 6.61 Å². The zero-order chi connectivity index (χ0) is 12.6. The van der Waals surface area contributed by atoms with Gasteiger partial charge in [0, 0.05) is 18.6 Å². The van der Waals surface area contributed by atoms with Crippen molar-refractivity contribution in [3.63, 3.8) is 0 Å². The van der Waals surface area contributed by atoms with Gasteiger partial charge in [0.1, 0.15) is 0 Å². The first-order chi connectivity index (χ1) is 8.90. The molecule has 0 bridgehead atoms. The summed E-state index contributed by atoms with van der Waals surface area (Å²) < 4.78 is 0. The number of aliphatic hydroxyl groups excluding tert-OH is 1. The first-order valence-electron chi connectivity index (χ1n) is 7.98. The van der Waals surface area contributed by atoms with Crippen molar-refractivity contribution in [2.45, 2.75) is 69.9 Å². The summed E-state index contributed by atoms with van der Waals surface area (Å²) in [5, 5.41) is 12.8. The monoisotopic (exact) mass is 254 g/mol. The van der Waals surface area contributed by atoms with Gasteiger partial charge < -0.3 is 10.4 Å². The zero-order valence-corrected chi connectivity index (χ0v) is 11.7. The summed E-state index contributed by atoms with van der Waals surface area (Å²) >= 11 is 0. The van der Waals surface area contributed by atoms with Crippen molar-refractivity contribution in [1.82, 2.24) is 10.2 Å². The predicted molar refractivity (Wildman–Crippen MR) is 75.8 cm³/mol. The second-order valence-electron chi connectivity index (χ2n) is 5.99. The minimum absolute atomic E-state index is 0.312. The van der Waals surface area contributed by atoms with E-state index in [4.69, 9.17) is 5.11 Å². The molecule has 0 atom stereocenters. The molecule has 0 unspecified atom stereocenters. The van der Waals surface area contributed by atoms with Crippen molar-refractivity contribution in [1.29, 1.82) is 0 Å². The van der Waals surface area contributed by atoms with E-state index in [1.54, 1.807) is 0 Å². The van der Waals surface area contributed by atoms with Crippen LogP contribution >= 0.6 is 0 Å². The molecule has 0 saturated heterocycles. The Morgan fingerprint density at radius 2 is 1.61 bits per heavy atom. The van der Waals surface area contributed by atoms with Gasteiger partial charge in [-0.3, -0.25) is 4.90 Å². The van der Waals surface area contributed by atoms with Crippen LogP contribution in [0.1, 0.15) is 57.8 Å². The number of hydrogen-bond acceptors (Lipinski definition) is 3. The van der Waals surface area contributed by atoms with Gasteiger partial charge >= 0.3 is 0 Å². The molecule has 2 aliphatic rings. The maximum Gasteiger partial charge on any atom is 0.0558 e. The number of nitrogens with one attached hydrogen (secondary N) is 1. The molecule has 0 radical (unpaired) electrons. The first-order valence-corrected chi connectivity index (χ1v) is 7.98. The summed E-state index contributed by atoms with van der Waals surface area (Å²) in [6.45, 7) is 3.49. The smallest absolute Gasteiger partial charge is 0.0558 e. The van der Waals surface area contributed by atoms with E-state index in [0.29, 0.717) is 6.61 Å². The lowest BCUT2D eigenvalue weighted by atomic mass is 10.2. The summed E-state index contributed by atoms with van der Waals surface area (Å²) in [7, 11) is 0. The highest BCUT2D eigenvalue weighted by atomic mass is 16.3. The van der Waals surface area contributed by atoms with Crippen molar-refractivity contribution in [2.24, 2.45) is 0 Å². The molecule has 3 heteroatoms. The van der Waals surface area contributed by atoms with Gasteiger partial charge in [-0.05, 0) is 45.2 Å². The molecular formula is C15H30N2O. The molecule has 0 aromatic rings. The van der Waals surface area contributed by atoms with E-state index in [2.05, 4.69) is 10.2 Å². The Morgan fingerprint density at radius 1 is 0.944 bits per heavy atom. The lowest BCUT2D eigenvalue weighted by Crippen LogP contribution is -2.38.